The maximum absolute atomic E-state index is 13.0. The molecule has 10 aliphatic carbocycles. The number of H-pyrrole nitrogens is 1. The lowest BCUT2D eigenvalue weighted by atomic mass is 9.56. The number of aromatic amines is 1. The highest BCUT2D eigenvalue weighted by molar-refractivity contribution is 9.11. The van der Waals surface area contributed by atoms with E-state index in [2.05, 4.69) is 217 Å². The Morgan fingerprint density at radius 3 is 1.56 bits per heavy atom. The van der Waals surface area contributed by atoms with Crippen molar-refractivity contribution in [1.29, 1.82) is 0 Å². The third-order valence-corrected chi connectivity index (χ3v) is 34.7. The van der Waals surface area contributed by atoms with Gasteiger partial charge in [-0.2, -0.15) is 0 Å². The number of pyridine rings is 6. The standard InChI is InChI=1S/C22H28BrNO2Si.C18H22N2O.2C17H20N2O2.C15H18N2O.C7H7Br2NO.C7H10O.CH4O/c1-15-10-12-20(25)17(14-19-18(23)11-13-21(24-19)26-2)22(15)27(3,4)16-8-6-5-7-9-16;1-6-14-13-9-16-15(7-8-17(20-16)21-5)18(14,19-4)10-11(2)12(13)3;1-5-12-11-8-14-13(6-7-15(19-14)21-4)17(12,18-3)9-10(2)16(11)20;1-4-12-11-7-10(2)9-17(12,16(18)20)13-5-6-15(21-3)19-14(13)8-11;1-3-11-10-6-9(2)8-15(11,16)12-4-5-14(18)17-13(12)7-10;1-11-7-3-2-5(9)6(4-8)10-7;1-6-2-4-7(8)5-3-6;1-2/h5-9,11,13,15,17,22H,10,12,14H2,1-4H3;6-8,11-13H,9-10H2,1-3,5H3;5-7,10-11,16,20H,8-9H2,1-2,4H3;4-7,11H,8-9H2,1-3H3,(H2,18,20);3-6,10H,7-8,16H2,1-2H3,(H,17,18);2-3H,4H2,1H3;2,4,6H,3,5H2,1H3;2H,1H3/b;14-6+;12-5+;12-4+;11-3+;;;/t15-,17+,22+;11?,12-,13+,18?;10?,11-,16-,17?;11-,17?;10-,15?;;6-;/m11111.0./s1. The smallest absolute Gasteiger partial charge is 0.281 e. The van der Waals surface area contributed by atoms with Crippen molar-refractivity contribution in [2.24, 2.45) is 70.6 Å². The van der Waals surface area contributed by atoms with Gasteiger partial charge in [0.25, 0.3) is 11.1 Å². The molecule has 3 saturated carbocycles. The van der Waals surface area contributed by atoms with Gasteiger partial charge in [0, 0.05) is 143 Å². The van der Waals surface area contributed by atoms with Crippen molar-refractivity contribution >= 4 is 78.5 Å². The molecule has 7 aromatic rings. The van der Waals surface area contributed by atoms with Crippen LogP contribution in [0.15, 0.2) is 199 Å². The number of nitrogens with two attached hydrogens (primary N) is 2. The zero-order valence-electron chi connectivity index (χ0n) is 78.2. The fourth-order valence-corrected chi connectivity index (χ4v) is 28.0. The number of halogens is 3. The summed E-state index contributed by atoms with van der Waals surface area (Å²) in [6.45, 7) is 44.0. The number of rotatable bonds is 11. The average Bonchev–Trinajstić information content (AvgIpc) is 0.726. The largest absolute Gasteiger partial charge is 0.481 e. The first kappa shape index (κ1) is 102. The summed E-state index contributed by atoms with van der Waals surface area (Å²) in [6.07, 6.45) is 26.6. The number of primary amides is 1. The molecule has 16 atom stereocenters. The van der Waals surface area contributed by atoms with Gasteiger partial charge in [0.05, 0.1) is 89.2 Å². The van der Waals surface area contributed by atoms with Gasteiger partial charge in [-0.1, -0.05) is 159 Å². The zero-order chi connectivity index (χ0) is 94.4. The number of aliphatic hydroxyl groups excluding tert-OH is 2. The molecule has 25 heteroatoms. The van der Waals surface area contributed by atoms with Crippen LogP contribution in [0.2, 0.25) is 18.6 Å². The Bertz CT molecular complexity index is 5500. The van der Waals surface area contributed by atoms with Gasteiger partial charge < -0.3 is 60.0 Å². The van der Waals surface area contributed by atoms with E-state index in [1.807, 2.05) is 99.7 Å². The van der Waals surface area contributed by atoms with E-state index in [1.54, 1.807) is 47.7 Å². The second kappa shape index (κ2) is 44.1. The second-order valence-corrected chi connectivity index (χ2v) is 43.2. The summed E-state index contributed by atoms with van der Waals surface area (Å²) in [5.74, 6) is 6.81. The highest BCUT2D eigenvalue weighted by atomic mass is 79.9. The number of ketones is 2. The summed E-state index contributed by atoms with van der Waals surface area (Å²) in [5, 5.41) is 19.7. The number of methoxy groups -OCH3 is 5. The van der Waals surface area contributed by atoms with Crippen LogP contribution in [0.5, 0.6) is 29.4 Å². The molecule has 21 nitrogen and oxygen atoms in total. The van der Waals surface area contributed by atoms with E-state index in [-0.39, 0.29) is 40.9 Å². The predicted molar refractivity (Wildman–Crippen MR) is 524 cm³/mol. The van der Waals surface area contributed by atoms with Gasteiger partial charge in [-0.05, 0) is 218 Å². The molecule has 7 N–H and O–H groups in total. The normalized spacial score (nSPS) is 28.4. The lowest BCUT2D eigenvalue weighted by Gasteiger charge is -2.46. The number of ether oxygens (including phenoxy) is 5. The summed E-state index contributed by atoms with van der Waals surface area (Å²) in [6, 6.07) is 33.3. The van der Waals surface area contributed by atoms with Crippen molar-refractivity contribution in [3.8, 4) is 29.4 Å². The highest BCUT2D eigenvalue weighted by Crippen LogP contribution is 2.59. The average molecular weight is 1960 g/mol. The molecule has 17 rings (SSSR count). The molecule has 0 radical (unpaired) electrons. The van der Waals surface area contributed by atoms with E-state index < -0.39 is 36.2 Å². The van der Waals surface area contributed by atoms with Crippen molar-refractivity contribution in [3.05, 3.63) is 284 Å². The molecular weight excluding hydrogens is 1830 g/mol. The Kier molecular flexibility index (Phi) is 34.7. The molecule has 0 saturated heterocycles. The summed E-state index contributed by atoms with van der Waals surface area (Å²) in [7, 11) is 7.24. The molecular formula is C104H129Br3N10O11Si. The Morgan fingerprint density at radius 1 is 0.581 bits per heavy atom. The van der Waals surface area contributed by atoms with Gasteiger partial charge in [0.1, 0.15) is 11.2 Å². The number of alkyl halides is 1. The molecule has 10 aliphatic rings. The van der Waals surface area contributed by atoms with Crippen molar-refractivity contribution in [2.75, 3.05) is 42.7 Å². The molecule has 6 aromatic heterocycles. The SMILES string of the molecule is C/C=C1\[C@@H]2C=C(C)CC1(C(N)=O)c1ccc(OC)nc1C2.C/C=C1\[C@@H]2C=C(C)CC1(N)c1ccc(=O)[nH]c1C2.CO.COc1ccc(Br)c(CBr)n1.COc1ccc(Br)c(C[C@H]2C(=O)CC[C@@H](C)[C@@H]2[Si](C)(C)c2ccccc2)n1.C[C@H]1C=CC(=O)CC1.[C-]#[N+]C12CC(C)[C@@H](C)[C@H](Cc3nc(OC)ccc31)/C2=C\C.[C-]#[N+]C12CC(C)[C@@H](O)[C@H](Cc3nc(OC)ccc31)/C2=C\C. The van der Waals surface area contributed by atoms with Gasteiger partial charge in [0.15, 0.2) is 5.78 Å². The minimum absolute atomic E-state index is 0.0139. The Hall–Kier alpha value is -9.57. The molecule has 8 bridgehead atoms. The number of amides is 1. The van der Waals surface area contributed by atoms with Crippen LogP contribution in [0.25, 0.3) is 9.69 Å². The number of nitrogens with one attached hydrogen (secondary N) is 1. The first-order valence-corrected chi connectivity index (χ1v) is 50.5. The van der Waals surface area contributed by atoms with Crippen molar-refractivity contribution in [2.45, 2.75) is 212 Å². The first-order chi connectivity index (χ1) is 61.6. The molecule has 6 heterocycles. The van der Waals surface area contributed by atoms with Crippen molar-refractivity contribution in [1.82, 2.24) is 29.9 Å². The molecule has 1 aromatic carbocycles. The van der Waals surface area contributed by atoms with Crippen LogP contribution >= 0.6 is 47.8 Å². The van der Waals surface area contributed by atoms with Crippen LogP contribution in [0, 0.1) is 72.3 Å². The lowest BCUT2D eigenvalue weighted by molar-refractivity contribution is -0.125. The van der Waals surface area contributed by atoms with Crippen molar-refractivity contribution in [3.63, 3.8) is 0 Å². The Balaban J connectivity index is 0.000000159. The third-order valence-electron chi connectivity index (χ3n) is 28.3. The van der Waals surface area contributed by atoms with Gasteiger partial charge in [-0.25, -0.2) is 38.1 Å². The summed E-state index contributed by atoms with van der Waals surface area (Å²) in [4.78, 5) is 81.1. The zero-order valence-corrected chi connectivity index (χ0v) is 84.0. The van der Waals surface area contributed by atoms with Gasteiger partial charge >= 0.3 is 0 Å². The maximum atomic E-state index is 13.0. The van der Waals surface area contributed by atoms with Crippen LogP contribution < -0.4 is 45.9 Å². The molecule has 6 unspecified atom stereocenters. The quantitative estimate of drug-likeness (QED) is 0.0348. The van der Waals surface area contributed by atoms with Gasteiger partial charge in [-0.3, -0.25) is 19.2 Å². The van der Waals surface area contributed by atoms with Crippen LogP contribution in [0.4, 0.5) is 0 Å². The maximum Gasteiger partial charge on any atom is 0.281 e. The van der Waals surface area contributed by atoms with Crippen LogP contribution in [0.1, 0.15) is 184 Å². The van der Waals surface area contributed by atoms with E-state index in [0.717, 1.165) is 140 Å². The van der Waals surface area contributed by atoms with Crippen LogP contribution in [-0.4, -0.2) is 114 Å². The fraction of sp³-hybridized carbons (Fsp3) is 0.471. The number of carbonyl (C=O) groups is 3. The van der Waals surface area contributed by atoms with Crippen LogP contribution in [-0.2, 0) is 73.8 Å². The number of fused-ring (bicyclic) bond motifs is 16. The summed E-state index contributed by atoms with van der Waals surface area (Å²) < 4.78 is 27.9. The molecule has 0 spiro atoms. The Labute approximate surface area is 789 Å². The molecule has 129 heavy (non-hydrogen) atoms. The Morgan fingerprint density at radius 2 is 1.05 bits per heavy atom. The first-order valence-electron chi connectivity index (χ1n) is 44.7. The predicted octanol–water partition coefficient (Wildman–Crippen LogP) is 19.9. The van der Waals surface area contributed by atoms with Crippen LogP contribution in [0.3, 0.4) is 0 Å². The molecule has 3 fully saturated rings. The van der Waals surface area contributed by atoms with E-state index >= 15 is 0 Å². The monoisotopic (exact) mass is 1960 g/mol. The number of allylic oxidation sites excluding steroid dienone is 9. The van der Waals surface area contributed by atoms with E-state index in [4.69, 9.17) is 53.4 Å². The number of benzene rings is 1. The van der Waals surface area contributed by atoms with Gasteiger partial charge in [-0.15, -0.1) is 0 Å². The van der Waals surface area contributed by atoms with Crippen molar-refractivity contribution < 1.29 is 48.3 Å². The number of nitrogens with zero attached hydrogens (tertiary/aromatic N) is 7. The van der Waals surface area contributed by atoms with E-state index in [0.29, 0.717) is 108 Å². The number of hydrogen-bond donors (Lipinski definition) is 5. The number of aromatic nitrogens is 6. The minimum atomic E-state index is -1.83. The molecule has 1 amide bonds. The summed E-state index contributed by atoms with van der Waals surface area (Å²) in [5.41, 5.74) is 27.7. The number of Topliss-reactive ketones (excluding diaryl/α,β-unsaturated/α-hetero) is 1. The summed E-state index contributed by atoms with van der Waals surface area (Å²) >= 11 is 10.3. The molecule has 0 aliphatic heterocycles. The second-order valence-electron chi connectivity index (χ2n) is 36.2. The number of aliphatic hydroxyl groups is 2. The highest BCUT2D eigenvalue weighted by Gasteiger charge is 2.60. The third kappa shape index (κ3) is 21.2. The topological polar surface area (TPSA) is 296 Å². The van der Waals surface area contributed by atoms with E-state index in [1.165, 1.54) is 27.5 Å². The lowest BCUT2D eigenvalue weighted by Crippen LogP contribution is -2.53. The number of carbonyl (C=O) groups excluding carboxylic acids is 3. The minimum Gasteiger partial charge on any atom is -0.481 e. The van der Waals surface area contributed by atoms with E-state index in [9.17, 15) is 24.3 Å². The number of hydrogen-bond acceptors (Lipinski definition) is 17. The fourth-order valence-electron chi connectivity index (χ4n) is 22.1. The van der Waals surface area contributed by atoms with Gasteiger partial charge in [0.2, 0.25) is 40.9 Å². The molecule has 686 valence electrons.